The number of nitrogens with one attached hydrogen (secondary N) is 1. The van der Waals surface area contributed by atoms with E-state index in [0.29, 0.717) is 22.2 Å². The van der Waals surface area contributed by atoms with Crippen LogP contribution in [-0.4, -0.2) is 60.5 Å². The zero-order chi connectivity index (χ0) is 21.2. The minimum atomic E-state index is -1.16. The molecule has 2 N–H and O–H groups in total. The molecule has 2 rings (SSSR count). The van der Waals surface area contributed by atoms with Gasteiger partial charge in [-0.1, -0.05) is 23.2 Å². The van der Waals surface area contributed by atoms with E-state index in [1.165, 1.54) is 13.2 Å². The molecule has 1 saturated heterocycles. The van der Waals surface area contributed by atoms with Crippen molar-refractivity contribution in [1.29, 1.82) is 0 Å². The minimum Gasteiger partial charge on any atom is -0.478 e. The van der Waals surface area contributed by atoms with Crippen molar-refractivity contribution in [2.24, 2.45) is 0 Å². The Morgan fingerprint density at radius 2 is 2.00 bits per heavy atom. The average molecular weight is 582 g/mol. The third kappa shape index (κ3) is 6.48. The number of carboxylic acid groups (broad SMARTS) is 1. The molecule has 1 unspecified atom stereocenters. The van der Waals surface area contributed by atoms with E-state index in [4.69, 9.17) is 32.7 Å². The maximum Gasteiger partial charge on any atom is 0.410 e. The fourth-order valence-corrected chi connectivity index (χ4v) is 4.03. The second kappa shape index (κ2) is 10.7. The molecule has 1 heterocycles. The summed E-state index contributed by atoms with van der Waals surface area (Å²) in [6, 6.07) is 0.992. The van der Waals surface area contributed by atoms with E-state index in [9.17, 15) is 14.7 Å². The number of carbonyl (C=O) groups excluding carboxylic acids is 1. The molecule has 2 atom stereocenters. The molecule has 1 aliphatic rings. The molecule has 0 aromatic heterocycles. The van der Waals surface area contributed by atoms with Crippen LogP contribution in [0.1, 0.15) is 42.8 Å². The van der Waals surface area contributed by atoms with Crippen LogP contribution in [0, 0.1) is 3.57 Å². The van der Waals surface area contributed by atoms with Crippen molar-refractivity contribution in [2.45, 2.75) is 38.5 Å². The molecule has 1 aromatic rings. The van der Waals surface area contributed by atoms with Gasteiger partial charge in [0.2, 0.25) is 0 Å². The van der Waals surface area contributed by atoms with Crippen LogP contribution in [0.5, 0.6) is 0 Å². The van der Waals surface area contributed by atoms with Gasteiger partial charge in [-0.2, -0.15) is 0 Å². The molecule has 0 bridgehead atoms. The number of hydrogen-bond acceptors (Lipinski definition) is 5. The van der Waals surface area contributed by atoms with Gasteiger partial charge in [-0.05, 0) is 49.4 Å². The molecule has 1 aromatic carbocycles. The molecule has 1 aliphatic heterocycles. The summed E-state index contributed by atoms with van der Waals surface area (Å²) in [5.41, 5.74) is -0.308. The van der Waals surface area contributed by atoms with E-state index < -0.39 is 23.8 Å². The molecule has 29 heavy (non-hydrogen) atoms. The smallest absolute Gasteiger partial charge is 0.410 e. The molecule has 0 spiro atoms. The molecule has 164 valence electrons. The van der Waals surface area contributed by atoms with Crippen molar-refractivity contribution >= 4 is 70.3 Å². The van der Waals surface area contributed by atoms with Gasteiger partial charge in [-0.3, -0.25) is 0 Å². The fraction of sp³-hybridized carbons (Fsp3) is 0.556. The molecule has 1 amide bonds. The molecule has 0 aliphatic carbocycles. The fourth-order valence-electron chi connectivity index (χ4n) is 3.02. The number of benzene rings is 1. The van der Waals surface area contributed by atoms with E-state index in [0.717, 1.165) is 0 Å². The molecular formula is C18H24Cl3IN2O5. The van der Waals surface area contributed by atoms with Gasteiger partial charge in [-0.15, -0.1) is 12.4 Å². The Hall–Kier alpha value is -0.520. The Morgan fingerprint density at radius 1 is 1.38 bits per heavy atom. The van der Waals surface area contributed by atoms with Crippen molar-refractivity contribution < 1.29 is 24.2 Å². The zero-order valence-electron chi connectivity index (χ0n) is 16.4. The lowest BCUT2D eigenvalue weighted by Gasteiger charge is -2.38. The Kier molecular flexibility index (Phi) is 9.76. The van der Waals surface area contributed by atoms with E-state index >= 15 is 0 Å². The number of hydrogen-bond donors (Lipinski definition) is 2. The summed E-state index contributed by atoms with van der Waals surface area (Å²) in [6.45, 7) is 6.67. The minimum absolute atomic E-state index is 0. The second-order valence-electron chi connectivity index (χ2n) is 7.40. The van der Waals surface area contributed by atoms with Gasteiger partial charge in [0.15, 0.2) is 0 Å². The first-order valence-corrected chi connectivity index (χ1v) is 10.4. The Bertz CT molecular complexity index is 773. The summed E-state index contributed by atoms with van der Waals surface area (Å²) in [5.74, 6) is -1.16. The van der Waals surface area contributed by atoms with E-state index in [1.807, 2.05) is 22.6 Å². The van der Waals surface area contributed by atoms with Crippen LogP contribution in [0.2, 0.25) is 10.0 Å². The highest BCUT2D eigenvalue weighted by Gasteiger charge is 2.36. The lowest BCUT2D eigenvalue weighted by atomic mass is 9.95. The van der Waals surface area contributed by atoms with Crippen LogP contribution in [-0.2, 0) is 9.47 Å². The predicted molar refractivity (Wildman–Crippen MR) is 123 cm³/mol. The molecule has 0 saturated carbocycles. The maximum absolute atomic E-state index is 12.4. The van der Waals surface area contributed by atoms with Gasteiger partial charge >= 0.3 is 12.1 Å². The van der Waals surface area contributed by atoms with E-state index in [-0.39, 0.29) is 40.6 Å². The first-order chi connectivity index (χ1) is 13.0. The standard InChI is InChI=1S/C18H23Cl2IN2O5.ClH/c1-18(2,3)28-17(26)23-6-5-22-11(8-23)15(27-4)12-9(16(24)25)7-10(19)14(21)13(12)20;/h7,11,15,22H,5-6,8H2,1-4H3,(H,24,25);1H/t11-,15?;/m0./s1. The number of aromatic carboxylic acids is 1. The number of halogens is 4. The molecular weight excluding hydrogens is 557 g/mol. The zero-order valence-corrected chi connectivity index (χ0v) is 20.9. The monoisotopic (exact) mass is 580 g/mol. The summed E-state index contributed by atoms with van der Waals surface area (Å²) < 4.78 is 11.6. The van der Waals surface area contributed by atoms with Crippen molar-refractivity contribution in [3.63, 3.8) is 0 Å². The van der Waals surface area contributed by atoms with Crippen LogP contribution >= 0.6 is 58.2 Å². The summed E-state index contributed by atoms with van der Waals surface area (Å²) in [7, 11) is 1.47. The highest BCUT2D eigenvalue weighted by Crippen LogP contribution is 2.38. The topological polar surface area (TPSA) is 88.1 Å². The third-order valence-corrected chi connectivity index (χ3v) is 6.64. The van der Waals surface area contributed by atoms with E-state index in [2.05, 4.69) is 5.32 Å². The van der Waals surface area contributed by atoms with Crippen LogP contribution in [0.25, 0.3) is 0 Å². The largest absolute Gasteiger partial charge is 0.478 e. The molecule has 1 fully saturated rings. The van der Waals surface area contributed by atoms with Crippen LogP contribution in [0.4, 0.5) is 4.79 Å². The summed E-state index contributed by atoms with van der Waals surface area (Å²) in [6.07, 6.45) is -1.13. The number of ether oxygens (including phenoxy) is 2. The molecule has 0 radical (unpaired) electrons. The Morgan fingerprint density at radius 3 is 2.52 bits per heavy atom. The highest BCUT2D eigenvalue weighted by atomic mass is 127. The number of carboxylic acids is 1. The van der Waals surface area contributed by atoms with Gasteiger partial charge in [0.1, 0.15) is 11.7 Å². The first kappa shape index (κ1) is 26.5. The predicted octanol–water partition coefficient (Wildman–Crippen LogP) is 4.61. The van der Waals surface area contributed by atoms with Crippen LogP contribution < -0.4 is 5.32 Å². The molecule has 7 nitrogen and oxygen atoms in total. The SMILES string of the molecule is COC(c1c(C(=O)O)cc(Cl)c(I)c1Cl)[C@@H]1CN(C(=O)OC(C)(C)C)CCN1.Cl. The number of rotatable bonds is 4. The number of methoxy groups -OCH3 is 1. The number of carbonyl (C=O) groups is 2. The average Bonchev–Trinajstić information content (AvgIpc) is 2.60. The lowest BCUT2D eigenvalue weighted by Crippen LogP contribution is -2.56. The number of nitrogens with zero attached hydrogens (tertiary/aromatic N) is 1. The Labute approximate surface area is 199 Å². The van der Waals surface area contributed by atoms with Crippen molar-refractivity contribution in [3.05, 3.63) is 30.8 Å². The van der Waals surface area contributed by atoms with Gasteiger partial charge < -0.3 is 24.8 Å². The Balaban J connectivity index is 0.00000420. The van der Waals surface area contributed by atoms with Crippen LogP contribution in [0.15, 0.2) is 6.07 Å². The van der Waals surface area contributed by atoms with Gasteiger partial charge in [0.25, 0.3) is 0 Å². The molecule has 11 heteroatoms. The van der Waals surface area contributed by atoms with Crippen molar-refractivity contribution in [2.75, 3.05) is 26.7 Å². The summed E-state index contributed by atoms with van der Waals surface area (Å²) in [5, 5.41) is 13.4. The van der Waals surface area contributed by atoms with Gasteiger partial charge in [0, 0.05) is 32.3 Å². The lowest BCUT2D eigenvalue weighted by molar-refractivity contribution is 0.00335. The maximum atomic E-state index is 12.4. The highest BCUT2D eigenvalue weighted by molar-refractivity contribution is 14.1. The first-order valence-electron chi connectivity index (χ1n) is 8.61. The summed E-state index contributed by atoms with van der Waals surface area (Å²) >= 11 is 14.5. The van der Waals surface area contributed by atoms with Gasteiger partial charge in [-0.25, -0.2) is 9.59 Å². The normalized spacial score (nSPS) is 18.0. The quantitative estimate of drug-likeness (QED) is 0.399. The number of piperazine rings is 1. The number of amides is 1. The van der Waals surface area contributed by atoms with Gasteiger partial charge in [0.05, 0.1) is 25.2 Å². The van der Waals surface area contributed by atoms with Crippen molar-refractivity contribution in [1.82, 2.24) is 10.2 Å². The van der Waals surface area contributed by atoms with E-state index in [1.54, 1.807) is 25.7 Å². The summed E-state index contributed by atoms with van der Waals surface area (Å²) in [4.78, 5) is 25.8. The second-order valence-corrected chi connectivity index (χ2v) is 9.26. The van der Waals surface area contributed by atoms with Crippen LogP contribution in [0.3, 0.4) is 0 Å². The third-order valence-electron chi connectivity index (χ3n) is 4.19. The van der Waals surface area contributed by atoms with Crippen molar-refractivity contribution in [3.8, 4) is 0 Å².